The van der Waals surface area contributed by atoms with Gasteiger partial charge in [0.25, 0.3) is 5.91 Å². The SMILES string of the molecule is CN(C)[C@H]1CCCCN(C(=O)c2cc(F)cc(C#N)c2)C1. The van der Waals surface area contributed by atoms with Gasteiger partial charge in [-0.15, -0.1) is 0 Å². The predicted octanol–water partition coefficient (Wildman–Crippen LogP) is 2.25. The number of carbonyl (C=O) groups is 1. The zero-order valence-electron chi connectivity index (χ0n) is 12.5. The van der Waals surface area contributed by atoms with E-state index in [0.29, 0.717) is 19.1 Å². The Hall–Kier alpha value is -1.93. The molecule has 5 heteroatoms. The molecule has 0 aromatic heterocycles. The molecule has 0 aliphatic carbocycles. The van der Waals surface area contributed by atoms with Gasteiger partial charge in [0.05, 0.1) is 11.6 Å². The van der Waals surface area contributed by atoms with E-state index in [0.717, 1.165) is 25.3 Å². The fraction of sp³-hybridized carbons (Fsp3) is 0.500. The van der Waals surface area contributed by atoms with Crippen LogP contribution in [0.25, 0.3) is 0 Å². The molecule has 1 amide bonds. The summed E-state index contributed by atoms with van der Waals surface area (Å²) >= 11 is 0. The normalized spacial score (nSPS) is 19.2. The molecule has 0 unspecified atom stereocenters. The lowest BCUT2D eigenvalue weighted by molar-refractivity contribution is 0.0725. The van der Waals surface area contributed by atoms with E-state index in [4.69, 9.17) is 5.26 Å². The minimum atomic E-state index is -0.545. The molecule has 1 aliphatic heterocycles. The summed E-state index contributed by atoms with van der Waals surface area (Å²) in [5, 5.41) is 8.89. The van der Waals surface area contributed by atoms with Gasteiger partial charge in [-0.3, -0.25) is 4.79 Å². The number of benzene rings is 1. The molecule has 1 aliphatic rings. The van der Waals surface area contributed by atoms with Crippen molar-refractivity contribution < 1.29 is 9.18 Å². The zero-order valence-corrected chi connectivity index (χ0v) is 12.5. The molecule has 0 spiro atoms. The monoisotopic (exact) mass is 289 g/mol. The Labute approximate surface area is 124 Å². The smallest absolute Gasteiger partial charge is 0.254 e. The molecule has 0 saturated carbocycles. The lowest BCUT2D eigenvalue weighted by Crippen LogP contribution is -2.42. The van der Waals surface area contributed by atoms with Crippen LogP contribution in [0.5, 0.6) is 0 Å². The molecule has 21 heavy (non-hydrogen) atoms. The predicted molar refractivity (Wildman–Crippen MR) is 78.3 cm³/mol. The highest BCUT2D eigenvalue weighted by molar-refractivity contribution is 5.94. The van der Waals surface area contributed by atoms with E-state index < -0.39 is 5.82 Å². The van der Waals surface area contributed by atoms with Gasteiger partial charge in [-0.05, 0) is 45.1 Å². The summed E-state index contributed by atoms with van der Waals surface area (Å²) in [4.78, 5) is 16.5. The first-order valence-corrected chi connectivity index (χ1v) is 7.17. The standard InChI is InChI=1S/C16H20FN3O/c1-19(2)15-5-3-4-6-20(11-15)16(21)13-7-12(10-18)8-14(17)9-13/h7-9,15H,3-6,11H2,1-2H3/t15-/m0/s1. The summed E-state index contributed by atoms with van der Waals surface area (Å²) in [7, 11) is 4.02. The van der Waals surface area contributed by atoms with E-state index >= 15 is 0 Å². The summed E-state index contributed by atoms with van der Waals surface area (Å²) in [6, 6.07) is 6.01. The van der Waals surface area contributed by atoms with E-state index in [1.54, 1.807) is 4.90 Å². The van der Waals surface area contributed by atoms with Crippen molar-refractivity contribution in [2.45, 2.75) is 25.3 Å². The second kappa shape index (κ2) is 6.68. The number of hydrogen-bond acceptors (Lipinski definition) is 3. The van der Waals surface area contributed by atoms with Crippen LogP contribution in [0.2, 0.25) is 0 Å². The maximum absolute atomic E-state index is 13.5. The van der Waals surface area contributed by atoms with E-state index in [1.165, 1.54) is 12.1 Å². The number of amides is 1. The van der Waals surface area contributed by atoms with Crippen LogP contribution in [0.1, 0.15) is 35.2 Å². The molecule has 0 N–H and O–H groups in total. The Bertz CT molecular complexity index is 565. The number of carbonyl (C=O) groups excluding carboxylic acids is 1. The summed E-state index contributed by atoms with van der Waals surface area (Å²) in [6.45, 7) is 1.33. The van der Waals surface area contributed by atoms with Gasteiger partial charge in [0.2, 0.25) is 0 Å². The molecule has 1 heterocycles. The number of nitrogens with zero attached hydrogens (tertiary/aromatic N) is 3. The van der Waals surface area contributed by atoms with Gasteiger partial charge >= 0.3 is 0 Å². The topological polar surface area (TPSA) is 47.3 Å². The molecule has 0 radical (unpaired) electrons. The molecule has 2 rings (SSSR count). The van der Waals surface area contributed by atoms with Crippen LogP contribution in [0, 0.1) is 17.1 Å². The van der Waals surface area contributed by atoms with Crippen molar-refractivity contribution in [3.63, 3.8) is 0 Å². The van der Waals surface area contributed by atoms with Crippen LogP contribution in [-0.4, -0.2) is 48.9 Å². The quantitative estimate of drug-likeness (QED) is 0.839. The number of likely N-dealkylation sites (N-methyl/N-ethyl adjacent to an activating group) is 1. The van der Waals surface area contributed by atoms with Gasteiger partial charge in [0, 0.05) is 24.7 Å². The maximum atomic E-state index is 13.5. The number of nitriles is 1. The Kier molecular flexibility index (Phi) is 4.92. The highest BCUT2D eigenvalue weighted by atomic mass is 19.1. The molecule has 1 atom stereocenters. The summed E-state index contributed by atoms with van der Waals surface area (Å²) < 4.78 is 13.5. The Morgan fingerprint density at radius 1 is 1.38 bits per heavy atom. The fourth-order valence-corrected chi connectivity index (χ4v) is 2.69. The maximum Gasteiger partial charge on any atom is 0.254 e. The van der Waals surface area contributed by atoms with Gasteiger partial charge in [-0.25, -0.2) is 4.39 Å². The van der Waals surface area contributed by atoms with Crippen LogP contribution in [0.3, 0.4) is 0 Å². The molecule has 1 fully saturated rings. The van der Waals surface area contributed by atoms with Gasteiger partial charge < -0.3 is 9.80 Å². The van der Waals surface area contributed by atoms with Crippen LogP contribution in [0.15, 0.2) is 18.2 Å². The van der Waals surface area contributed by atoms with Crippen molar-refractivity contribution in [1.82, 2.24) is 9.80 Å². The van der Waals surface area contributed by atoms with Crippen molar-refractivity contribution in [2.75, 3.05) is 27.2 Å². The molecular weight excluding hydrogens is 269 g/mol. The Morgan fingerprint density at radius 2 is 2.14 bits per heavy atom. The third-order valence-corrected chi connectivity index (χ3v) is 3.94. The van der Waals surface area contributed by atoms with Crippen molar-refractivity contribution in [1.29, 1.82) is 5.26 Å². The molecule has 112 valence electrons. The van der Waals surface area contributed by atoms with Crippen LogP contribution < -0.4 is 0 Å². The average molecular weight is 289 g/mol. The van der Waals surface area contributed by atoms with Crippen molar-refractivity contribution >= 4 is 5.91 Å². The second-order valence-corrected chi connectivity index (χ2v) is 5.70. The van der Waals surface area contributed by atoms with Gasteiger partial charge in [0.15, 0.2) is 0 Å². The first-order valence-electron chi connectivity index (χ1n) is 7.17. The summed E-state index contributed by atoms with van der Waals surface area (Å²) in [5.41, 5.74) is 0.434. The summed E-state index contributed by atoms with van der Waals surface area (Å²) in [6.07, 6.45) is 3.10. The summed E-state index contributed by atoms with van der Waals surface area (Å²) in [5.74, 6) is -0.740. The Balaban J connectivity index is 2.22. The fourth-order valence-electron chi connectivity index (χ4n) is 2.69. The van der Waals surface area contributed by atoms with Crippen molar-refractivity contribution in [2.24, 2.45) is 0 Å². The number of rotatable bonds is 2. The van der Waals surface area contributed by atoms with E-state index in [-0.39, 0.29) is 17.0 Å². The highest BCUT2D eigenvalue weighted by Crippen LogP contribution is 2.18. The van der Waals surface area contributed by atoms with Crippen LogP contribution in [-0.2, 0) is 0 Å². The minimum Gasteiger partial charge on any atom is -0.337 e. The first kappa shape index (κ1) is 15.5. The van der Waals surface area contributed by atoms with Gasteiger partial charge in [-0.1, -0.05) is 6.42 Å². The van der Waals surface area contributed by atoms with E-state index in [2.05, 4.69) is 4.90 Å². The Morgan fingerprint density at radius 3 is 2.81 bits per heavy atom. The lowest BCUT2D eigenvalue weighted by atomic mass is 10.1. The molecule has 0 bridgehead atoms. The first-order chi connectivity index (χ1) is 10.0. The number of likely N-dealkylation sites (tertiary alicyclic amines) is 1. The van der Waals surface area contributed by atoms with Gasteiger partial charge in [0.1, 0.15) is 5.82 Å². The van der Waals surface area contributed by atoms with Crippen molar-refractivity contribution in [3.05, 3.63) is 35.1 Å². The van der Waals surface area contributed by atoms with E-state index in [1.807, 2.05) is 20.2 Å². The molecule has 1 aromatic rings. The largest absolute Gasteiger partial charge is 0.337 e. The minimum absolute atomic E-state index is 0.178. The average Bonchev–Trinajstić information content (AvgIpc) is 2.71. The van der Waals surface area contributed by atoms with Crippen LogP contribution >= 0.6 is 0 Å². The third-order valence-electron chi connectivity index (χ3n) is 3.94. The van der Waals surface area contributed by atoms with Crippen molar-refractivity contribution in [3.8, 4) is 6.07 Å². The molecular formula is C16H20FN3O. The zero-order chi connectivity index (χ0) is 15.4. The molecule has 1 aromatic carbocycles. The third kappa shape index (κ3) is 3.79. The van der Waals surface area contributed by atoms with E-state index in [9.17, 15) is 9.18 Å². The highest BCUT2D eigenvalue weighted by Gasteiger charge is 2.24. The van der Waals surface area contributed by atoms with Gasteiger partial charge in [-0.2, -0.15) is 5.26 Å². The second-order valence-electron chi connectivity index (χ2n) is 5.70. The lowest BCUT2D eigenvalue weighted by Gasteiger charge is -2.28. The number of halogens is 1. The molecule has 1 saturated heterocycles. The molecule has 4 nitrogen and oxygen atoms in total. The number of hydrogen-bond donors (Lipinski definition) is 0. The van der Waals surface area contributed by atoms with Crippen LogP contribution in [0.4, 0.5) is 4.39 Å².